The highest BCUT2D eigenvalue weighted by molar-refractivity contribution is 7.99. The minimum Gasteiger partial charge on any atom is -0.492 e. The minimum atomic E-state index is 0.788. The van der Waals surface area contributed by atoms with Crippen LogP contribution in [0.4, 0.5) is 0 Å². The van der Waals surface area contributed by atoms with Gasteiger partial charge in [-0.2, -0.15) is 0 Å². The van der Waals surface area contributed by atoms with E-state index in [9.17, 15) is 0 Å². The van der Waals surface area contributed by atoms with Gasteiger partial charge in [0.05, 0.1) is 11.5 Å². The Morgan fingerprint density at radius 3 is 2.48 bits per heavy atom. The predicted molar refractivity (Wildman–Crippen MR) is 90.3 cm³/mol. The Morgan fingerprint density at radius 2 is 1.67 bits per heavy atom. The molecule has 0 amide bonds. The standard InChI is InChI=1S/C18H23NOS/c1-19-14-8-3-9-15-20-17-12-6-7-13-18(17)21-16-10-4-2-5-11-16/h2,4-7,10-13,19H,3,8-9,14-15H2,1H3. The van der Waals surface area contributed by atoms with Gasteiger partial charge in [-0.1, -0.05) is 42.1 Å². The molecule has 2 rings (SSSR count). The van der Waals surface area contributed by atoms with E-state index in [-0.39, 0.29) is 0 Å². The summed E-state index contributed by atoms with van der Waals surface area (Å²) in [6.45, 7) is 1.87. The van der Waals surface area contributed by atoms with E-state index in [0.29, 0.717) is 0 Å². The number of unbranched alkanes of at least 4 members (excludes halogenated alkanes) is 2. The molecule has 0 radical (unpaired) electrons. The zero-order chi connectivity index (χ0) is 14.8. The first-order chi connectivity index (χ1) is 10.4. The molecule has 0 unspecified atom stereocenters. The fourth-order valence-electron chi connectivity index (χ4n) is 2.03. The first-order valence-electron chi connectivity index (χ1n) is 7.49. The molecule has 3 heteroatoms. The van der Waals surface area contributed by atoms with Gasteiger partial charge < -0.3 is 10.1 Å². The normalized spacial score (nSPS) is 10.5. The van der Waals surface area contributed by atoms with Crippen LogP contribution in [0.5, 0.6) is 5.75 Å². The summed E-state index contributed by atoms with van der Waals surface area (Å²) in [6, 6.07) is 18.7. The Hall–Kier alpha value is -1.45. The highest BCUT2D eigenvalue weighted by Crippen LogP contribution is 2.34. The van der Waals surface area contributed by atoms with Crippen molar-refractivity contribution in [1.82, 2.24) is 5.32 Å². The molecular weight excluding hydrogens is 278 g/mol. The van der Waals surface area contributed by atoms with Crippen molar-refractivity contribution in [2.75, 3.05) is 20.2 Å². The highest BCUT2D eigenvalue weighted by atomic mass is 32.2. The lowest BCUT2D eigenvalue weighted by Gasteiger charge is -2.11. The Labute approximate surface area is 131 Å². The van der Waals surface area contributed by atoms with Gasteiger partial charge in [-0.15, -0.1) is 0 Å². The monoisotopic (exact) mass is 301 g/mol. The van der Waals surface area contributed by atoms with Crippen LogP contribution in [-0.2, 0) is 0 Å². The summed E-state index contributed by atoms with van der Waals surface area (Å²) in [4.78, 5) is 2.42. The van der Waals surface area contributed by atoms with Crippen molar-refractivity contribution < 1.29 is 4.74 Å². The fourth-order valence-corrected chi connectivity index (χ4v) is 2.95. The Kier molecular flexibility index (Phi) is 7.19. The molecule has 0 aliphatic heterocycles. The van der Waals surface area contributed by atoms with Gasteiger partial charge in [0.25, 0.3) is 0 Å². The van der Waals surface area contributed by atoms with E-state index in [1.165, 1.54) is 22.6 Å². The lowest BCUT2D eigenvalue weighted by Crippen LogP contribution is -2.08. The molecule has 0 saturated heterocycles. The third-order valence-electron chi connectivity index (χ3n) is 3.15. The predicted octanol–water partition coefficient (Wildman–Crippen LogP) is 4.61. The lowest BCUT2D eigenvalue weighted by molar-refractivity contribution is 0.298. The van der Waals surface area contributed by atoms with Gasteiger partial charge in [0.1, 0.15) is 5.75 Å². The van der Waals surface area contributed by atoms with E-state index in [1.807, 2.05) is 19.2 Å². The maximum absolute atomic E-state index is 5.95. The average molecular weight is 301 g/mol. The first kappa shape index (κ1) is 15.9. The summed E-state index contributed by atoms with van der Waals surface area (Å²) >= 11 is 1.75. The third-order valence-corrected chi connectivity index (χ3v) is 4.21. The van der Waals surface area contributed by atoms with Crippen LogP contribution in [0, 0.1) is 0 Å². The first-order valence-corrected chi connectivity index (χ1v) is 8.31. The maximum Gasteiger partial charge on any atom is 0.133 e. The number of para-hydroxylation sites is 1. The topological polar surface area (TPSA) is 21.3 Å². The second-order valence-electron chi connectivity index (χ2n) is 4.87. The number of benzene rings is 2. The summed E-state index contributed by atoms with van der Waals surface area (Å²) < 4.78 is 5.95. The van der Waals surface area contributed by atoms with Gasteiger partial charge in [0.15, 0.2) is 0 Å². The quantitative estimate of drug-likeness (QED) is 0.684. The van der Waals surface area contributed by atoms with Crippen molar-refractivity contribution in [3.8, 4) is 5.75 Å². The molecule has 0 saturated carbocycles. The zero-order valence-electron chi connectivity index (χ0n) is 12.5. The second-order valence-corrected chi connectivity index (χ2v) is 5.99. The molecule has 0 bridgehead atoms. The molecule has 0 aromatic heterocycles. The molecule has 1 N–H and O–H groups in total. The van der Waals surface area contributed by atoms with Gasteiger partial charge in [-0.3, -0.25) is 0 Å². The molecule has 0 heterocycles. The summed E-state index contributed by atoms with van der Waals surface area (Å²) in [7, 11) is 1.99. The molecule has 0 atom stereocenters. The van der Waals surface area contributed by atoms with E-state index in [1.54, 1.807) is 11.8 Å². The lowest BCUT2D eigenvalue weighted by atomic mass is 10.2. The zero-order valence-corrected chi connectivity index (χ0v) is 13.4. The van der Waals surface area contributed by atoms with Crippen molar-refractivity contribution in [3.63, 3.8) is 0 Å². The van der Waals surface area contributed by atoms with Gasteiger partial charge >= 0.3 is 0 Å². The van der Waals surface area contributed by atoms with E-state index in [4.69, 9.17) is 4.74 Å². The fraction of sp³-hybridized carbons (Fsp3) is 0.333. The molecule has 2 aromatic carbocycles. The van der Waals surface area contributed by atoms with Crippen molar-refractivity contribution >= 4 is 11.8 Å². The van der Waals surface area contributed by atoms with Gasteiger partial charge in [0.2, 0.25) is 0 Å². The smallest absolute Gasteiger partial charge is 0.133 e. The SMILES string of the molecule is CNCCCCCOc1ccccc1Sc1ccccc1. The van der Waals surface area contributed by atoms with E-state index >= 15 is 0 Å². The van der Waals surface area contributed by atoms with E-state index in [0.717, 1.165) is 25.3 Å². The second kappa shape index (κ2) is 9.48. The van der Waals surface area contributed by atoms with Crippen LogP contribution in [0.15, 0.2) is 64.4 Å². The Bertz CT molecular complexity index is 516. The van der Waals surface area contributed by atoms with Gasteiger partial charge in [-0.05, 0) is 57.1 Å². The molecule has 0 aliphatic carbocycles. The van der Waals surface area contributed by atoms with Crippen molar-refractivity contribution in [2.45, 2.75) is 29.1 Å². The third kappa shape index (κ3) is 5.82. The summed E-state index contributed by atoms with van der Waals surface area (Å²) in [6.07, 6.45) is 3.52. The average Bonchev–Trinajstić information content (AvgIpc) is 2.53. The largest absolute Gasteiger partial charge is 0.492 e. The summed E-state index contributed by atoms with van der Waals surface area (Å²) in [5, 5.41) is 3.17. The minimum absolute atomic E-state index is 0.788. The van der Waals surface area contributed by atoms with Crippen molar-refractivity contribution in [2.24, 2.45) is 0 Å². The molecular formula is C18H23NOS. The van der Waals surface area contributed by atoms with Crippen LogP contribution in [0.25, 0.3) is 0 Å². The van der Waals surface area contributed by atoms with Gasteiger partial charge in [-0.25, -0.2) is 0 Å². The number of hydrogen-bond donors (Lipinski definition) is 1. The number of hydrogen-bond acceptors (Lipinski definition) is 3. The molecule has 2 nitrogen and oxygen atoms in total. The summed E-state index contributed by atoms with van der Waals surface area (Å²) in [5.41, 5.74) is 0. The Morgan fingerprint density at radius 1 is 0.905 bits per heavy atom. The molecule has 0 aliphatic rings. The number of ether oxygens (including phenoxy) is 1. The molecule has 0 fully saturated rings. The van der Waals surface area contributed by atoms with Crippen molar-refractivity contribution in [3.05, 3.63) is 54.6 Å². The van der Waals surface area contributed by atoms with Crippen LogP contribution in [0.3, 0.4) is 0 Å². The molecule has 2 aromatic rings. The Balaban J connectivity index is 1.85. The molecule has 21 heavy (non-hydrogen) atoms. The van der Waals surface area contributed by atoms with Crippen LogP contribution in [-0.4, -0.2) is 20.2 Å². The summed E-state index contributed by atoms with van der Waals surface area (Å²) in [5.74, 6) is 0.986. The number of rotatable bonds is 9. The highest BCUT2D eigenvalue weighted by Gasteiger charge is 2.04. The van der Waals surface area contributed by atoms with Gasteiger partial charge in [0, 0.05) is 4.90 Å². The van der Waals surface area contributed by atoms with Crippen molar-refractivity contribution in [1.29, 1.82) is 0 Å². The van der Waals surface area contributed by atoms with Crippen LogP contribution < -0.4 is 10.1 Å². The molecule has 0 spiro atoms. The number of nitrogens with one attached hydrogen (secondary N) is 1. The van der Waals surface area contributed by atoms with E-state index < -0.39 is 0 Å². The van der Waals surface area contributed by atoms with E-state index in [2.05, 4.69) is 47.8 Å². The van der Waals surface area contributed by atoms with Crippen LogP contribution in [0.2, 0.25) is 0 Å². The molecule has 112 valence electrons. The van der Waals surface area contributed by atoms with Crippen LogP contribution in [0.1, 0.15) is 19.3 Å². The van der Waals surface area contributed by atoms with Crippen LogP contribution >= 0.6 is 11.8 Å². The maximum atomic E-state index is 5.95.